The van der Waals surface area contributed by atoms with E-state index in [1.807, 2.05) is 0 Å². The summed E-state index contributed by atoms with van der Waals surface area (Å²) in [6.07, 6.45) is 14.1. The Labute approximate surface area is 170 Å². The SMILES string of the molecule is CC(C)(C)C1=CCC(O[Si](C)(C)C)([Si](C)(C)C2=CC=CC2)C(C(C)(C)C)=C1. The van der Waals surface area contributed by atoms with Gasteiger partial charge in [-0.1, -0.05) is 90.2 Å². The Morgan fingerprint density at radius 2 is 1.52 bits per heavy atom. The van der Waals surface area contributed by atoms with E-state index >= 15 is 0 Å². The lowest BCUT2D eigenvalue weighted by Gasteiger charge is -2.55. The van der Waals surface area contributed by atoms with Gasteiger partial charge in [-0.25, -0.2) is 0 Å². The highest BCUT2D eigenvalue weighted by atomic mass is 28.4. The predicted molar refractivity (Wildman–Crippen MR) is 126 cm³/mol. The van der Waals surface area contributed by atoms with Crippen molar-refractivity contribution in [2.75, 3.05) is 0 Å². The Balaban J connectivity index is 2.72. The van der Waals surface area contributed by atoms with Crippen molar-refractivity contribution in [1.29, 1.82) is 0 Å². The number of rotatable bonds is 4. The highest BCUT2D eigenvalue weighted by Crippen LogP contribution is 2.52. The first-order chi connectivity index (χ1) is 12.0. The van der Waals surface area contributed by atoms with E-state index in [0.717, 1.165) is 12.8 Å². The van der Waals surface area contributed by atoms with Crippen LogP contribution in [0.3, 0.4) is 0 Å². The van der Waals surface area contributed by atoms with Crippen molar-refractivity contribution in [2.24, 2.45) is 10.8 Å². The molecule has 0 spiro atoms. The molecule has 1 unspecified atom stereocenters. The molecule has 2 aliphatic carbocycles. The zero-order valence-electron chi connectivity index (χ0n) is 19.7. The second-order valence-electron chi connectivity index (χ2n) is 11.9. The molecule has 0 N–H and O–H groups in total. The summed E-state index contributed by atoms with van der Waals surface area (Å²) >= 11 is 0. The van der Waals surface area contributed by atoms with Gasteiger partial charge in [0, 0.05) is 0 Å². The molecule has 0 aliphatic heterocycles. The molecule has 1 nitrogen and oxygen atoms in total. The summed E-state index contributed by atoms with van der Waals surface area (Å²) in [5, 5.41) is 1.48. The Morgan fingerprint density at radius 1 is 0.926 bits per heavy atom. The standard InChI is InChI=1S/C24H42OSi2/c1-22(2,3)19-16-17-24(25-26(7,8)9,21(18-19)23(4,5)6)27(10,11)20-14-12-13-15-20/h12-14,16,18H,15,17H2,1-11H3. The molecule has 0 saturated heterocycles. The molecular weight excluding hydrogens is 360 g/mol. The molecule has 0 aromatic rings. The predicted octanol–water partition coefficient (Wildman–Crippen LogP) is 7.60. The van der Waals surface area contributed by atoms with Crippen molar-refractivity contribution in [3.63, 3.8) is 0 Å². The molecule has 27 heavy (non-hydrogen) atoms. The van der Waals surface area contributed by atoms with Gasteiger partial charge in [-0.2, -0.15) is 0 Å². The maximum atomic E-state index is 7.26. The quantitative estimate of drug-likeness (QED) is 0.440. The van der Waals surface area contributed by atoms with Crippen LogP contribution in [-0.2, 0) is 4.43 Å². The van der Waals surface area contributed by atoms with Gasteiger partial charge in [-0.05, 0) is 54.5 Å². The molecule has 2 aliphatic rings. The lowest BCUT2D eigenvalue weighted by Crippen LogP contribution is -2.64. The summed E-state index contributed by atoms with van der Waals surface area (Å²) in [7, 11) is -3.64. The third-order valence-electron chi connectivity index (χ3n) is 6.08. The number of hydrogen-bond acceptors (Lipinski definition) is 1. The normalized spacial score (nSPS) is 24.6. The first-order valence-electron chi connectivity index (χ1n) is 10.5. The molecule has 3 heteroatoms. The van der Waals surface area contributed by atoms with Crippen LogP contribution in [0, 0.1) is 10.8 Å². The molecule has 0 radical (unpaired) electrons. The van der Waals surface area contributed by atoms with E-state index in [-0.39, 0.29) is 16.1 Å². The highest BCUT2D eigenvalue weighted by molar-refractivity contribution is 6.88. The van der Waals surface area contributed by atoms with Gasteiger partial charge in [0.1, 0.15) is 8.07 Å². The third kappa shape index (κ3) is 4.51. The van der Waals surface area contributed by atoms with Gasteiger partial charge in [0.15, 0.2) is 8.32 Å². The summed E-state index contributed by atoms with van der Waals surface area (Å²) < 4.78 is 7.26. The summed E-state index contributed by atoms with van der Waals surface area (Å²) in [5.74, 6) is 0. The van der Waals surface area contributed by atoms with Crippen LogP contribution in [-0.4, -0.2) is 21.6 Å². The topological polar surface area (TPSA) is 9.23 Å². The van der Waals surface area contributed by atoms with Crippen LogP contribution >= 0.6 is 0 Å². The van der Waals surface area contributed by atoms with Crippen LogP contribution in [0.25, 0.3) is 0 Å². The summed E-state index contributed by atoms with van der Waals surface area (Å²) in [6, 6.07) is 0. The molecule has 0 saturated carbocycles. The fourth-order valence-corrected chi connectivity index (χ4v) is 11.1. The van der Waals surface area contributed by atoms with Crippen molar-refractivity contribution < 1.29 is 4.43 Å². The molecule has 152 valence electrons. The molecule has 0 aromatic carbocycles. The van der Waals surface area contributed by atoms with E-state index < -0.39 is 16.4 Å². The van der Waals surface area contributed by atoms with Crippen molar-refractivity contribution in [3.05, 3.63) is 46.7 Å². The minimum atomic E-state index is -1.89. The van der Waals surface area contributed by atoms with E-state index in [1.165, 1.54) is 11.1 Å². The molecule has 0 aromatic heterocycles. The Bertz CT molecular complexity index is 700. The van der Waals surface area contributed by atoms with Crippen molar-refractivity contribution in [1.82, 2.24) is 0 Å². The van der Waals surface area contributed by atoms with Crippen LogP contribution in [0.2, 0.25) is 32.7 Å². The zero-order chi connectivity index (χ0) is 20.9. The maximum Gasteiger partial charge on any atom is 0.184 e. The zero-order valence-corrected chi connectivity index (χ0v) is 21.7. The minimum Gasteiger partial charge on any atom is -0.411 e. The third-order valence-corrected chi connectivity index (χ3v) is 11.8. The van der Waals surface area contributed by atoms with E-state index in [4.69, 9.17) is 4.43 Å². The maximum absolute atomic E-state index is 7.26. The molecule has 0 bridgehead atoms. The largest absolute Gasteiger partial charge is 0.411 e. The fourth-order valence-electron chi connectivity index (χ4n) is 4.55. The van der Waals surface area contributed by atoms with Crippen molar-refractivity contribution in [2.45, 2.75) is 92.3 Å². The summed E-state index contributed by atoms with van der Waals surface area (Å²) in [4.78, 5) is 0. The van der Waals surface area contributed by atoms with Gasteiger partial charge in [-0.3, -0.25) is 0 Å². The average molecular weight is 403 g/mol. The Morgan fingerprint density at radius 3 is 1.93 bits per heavy atom. The fraction of sp³-hybridized carbons (Fsp3) is 0.667. The molecule has 2 rings (SSSR count). The van der Waals surface area contributed by atoms with Crippen LogP contribution < -0.4 is 0 Å². The molecule has 0 amide bonds. The average Bonchev–Trinajstić information content (AvgIpc) is 2.97. The van der Waals surface area contributed by atoms with Crippen molar-refractivity contribution in [3.8, 4) is 0 Å². The van der Waals surface area contributed by atoms with Gasteiger partial charge in [0.2, 0.25) is 0 Å². The van der Waals surface area contributed by atoms with Crippen LogP contribution in [0.4, 0.5) is 0 Å². The van der Waals surface area contributed by atoms with Gasteiger partial charge in [0.25, 0.3) is 0 Å². The van der Waals surface area contributed by atoms with Crippen LogP contribution in [0.5, 0.6) is 0 Å². The van der Waals surface area contributed by atoms with Crippen LogP contribution in [0.1, 0.15) is 54.4 Å². The van der Waals surface area contributed by atoms with Crippen molar-refractivity contribution >= 4 is 16.4 Å². The van der Waals surface area contributed by atoms with Gasteiger partial charge in [0.05, 0.1) is 5.22 Å². The number of allylic oxidation sites excluding steroid dienone is 6. The molecule has 0 fully saturated rings. The lowest BCUT2D eigenvalue weighted by atomic mass is 9.74. The second kappa shape index (κ2) is 7.00. The lowest BCUT2D eigenvalue weighted by molar-refractivity contribution is 0.149. The van der Waals surface area contributed by atoms with Gasteiger partial charge in [-0.15, -0.1) is 0 Å². The van der Waals surface area contributed by atoms with E-state index in [0.29, 0.717) is 0 Å². The Kier molecular flexibility index (Phi) is 5.87. The summed E-state index contributed by atoms with van der Waals surface area (Å²) in [5.41, 5.74) is 3.24. The van der Waals surface area contributed by atoms with E-state index in [9.17, 15) is 0 Å². The highest BCUT2D eigenvalue weighted by Gasteiger charge is 2.56. The Hall–Kier alpha value is -0.646. The molecule has 0 heterocycles. The second-order valence-corrected chi connectivity index (χ2v) is 21.0. The first-order valence-corrected chi connectivity index (χ1v) is 16.9. The minimum absolute atomic E-state index is 0.0846. The monoisotopic (exact) mass is 402 g/mol. The van der Waals surface area contributed by atoms with E-state index in [2.05, 4.69) is 105 Å². The van der Waals surface area contributed by atoms with Crippen LogP contribution in [0.15, 0.2) is 46.7 Å². The van der Waals surface area contributed by atoms with E-state index in [1.54, 1.807) is 5.20 Å². The number of hydrogen-bond donors (Lipinski definition) is 0. The molecular formula is C24H42OSi2. The van der Waals surface area contributed by atoms with Gasteiger partial charge < -0.3 is 4.43 Å². The molecule has 1 atom stereocenters. The smallest absolute Gasteiger partial charge is 0.184 e. The summed E-state index contributed by atoms with van der Waals surface area (Å²) in [6.45, 7) is 26.2. The van der Waals surface area contributed by atoms with Gasteiger partial charge >= 0.3 is 0 Å². The first kappa shape index (κ1) is 22.6.